The maximum Gasteiger partial charge on any atom is 0.317 e. The van der Waals surface area contributed by atoms with Crippen LogP contribution in [0.1, 0.15) is 20.3 Å². The molecule has 0 heterocycles. The number of rotatable bonds is 10. The quantitative estimate of drug-likeness (QED) is 0.488. The van der Waals surface area contributed by atoms with E-state index in [4.69, 9.17) is 4.74 Å². The van der Waals surface area contributed by atoms with Crippen molar-refractivity contribution in [2.24, 2.45) is 0 Å². The molecule has 2 atom stereocenters. The topological polar surface area (TPSA) is 49.8 Å². The minimum absolute atomic E-state index is 0.0621. The predicted octanol–water partition coefficient (Wildman–Crippen LogP) is 4.51. The number of carboxylic acid groups (broad SMARTS) is 1. The highest BCUT2D eigenvalue weighted by molar-refractivity contribution is 7.99. The van der Waals surface area contributed by atoms with Crippen molar-refractivity contribution < 1.29 is 19.0 Å². The number of para-hydroxylation sites is 1. The van der Waals surface area contributed by atoms with E-state index < -0.39 is 5.97 Å². The van der Waals surface area contributed by atoms with Crippen molar-refractivity contribution in [1.29, 1.82) is 0 Å². The van der Waals surface area contributed by atoms with Gasteiger partial charge in [0.15, 0.2) is 5.44 Å². The third kappa shape index (κ3) is 6.04. The Kier molecular flexibility index (Phi) is 7.94. The fraction of sp³-hybridized carbons (Fsp3) is 0.350. The largest absolute Gasteiger partial charge is 0.480 e. The molecule has 0 fully saturated rings. The van der Waals surface area contributed by atoms with Gasteiger partial charge in [0.25, 0.3) is 0 Å². The minimum Gasteiger partial charge on any atom is -0.480 e. The second kappa shape index (κ2) is 10.2. The molecule has 0 aromatic heterocycles. The monoisotopic (exact) mass is 377 g/mol. The summed E-state index contributed by atoms with van der Waals surface area (Å²) < 4.78 is 19.8. The van der Waals surface area contributed by atoms with Crippen molar-refractivity contribution in [2.45, 2.75) is 36.6 Å². The van der Waals surface area contributed by atoms with Crippen LogP contribution in [-0.4, -0.2) is 40.5 Å². The molecule has 4 nitrogen and oxygen atoms in total. The Morgan fingerprint density at radius 1 is 1.19 bits per heavy atom. The summed E-state index contributed by atoms with van der Waals surface area (Å²) in [7, 11) is 0. The highest BCUT2D eigenvalue weighted by atomic mass is 32.2. The van der Waals surface area contributed by atoms with Crippen LogP contribution in [0.25, 0.3) is 0 Å². The molecular weight excluding hydrogens is 353 g/mol. The first-order valence-electron chi connectivity index (χ1n) is 8.63. The second-order valence-electron chi connectivity index (χ2n) is 5.81. The van der Waals surface area contributed by atoms with Crippen LogP contribution in [-0.2, 0) is 4.79 Å². The number of benzene rings is 2. The van der Waals surface area contributed by atoms with E-state index >= 15 is 0 Å². The number of carboxylic acids is 1. The third-order valence-electron chi connectivity index (χ3n) is 3.99. The summed E-state index contributed by atoms with van der Waals surface area (Å²) in [4.78, 5) is 13.9. The highest BCUT2D eigenvalue weighted by Crippen LogP contribution is 2.31. The number of ether oxygens (including phenoxy) is 1. The molecule has 6 heteroatoms. The molecule has 140 valence electrons. The van der Waals surface area contributed by atoms with E-state index in [0.717, 1.165) is 4.90 Å². The van der Waals surface area contributed by atoms with Crippen molar-refractivity contribution in [3.05, 3.63) is 60.4 Å². The number of likely N-dealkylation sites (N-methyl/N-ethyl adjacent to an activating group) is 1. The molecular formula is C20H24FNO3S. The van der Waals surface area contributed by atoms with Crippen LogP contribution in [0.3, 0.4) is 0 Å². The molecule has 0 aliphatic carbocycles. The lowest BCUT2D eigenvalue weighted by molar-refractivity contribution is -0.139. The Balaban J connectivity index is 2.28. The van der Waals surface area contributed by atoms with Crippen LogP contribution in [0, 0.1) is 5.82 Å². The maximum atomic E-state index is 13.6. The summed E-state index contributed by atoms with van der Waals surface area (Å²) >= 11 is 1.40. The van der Waals surface area contributed by atoms with E-state index in [1.807, 2.05) is 55.1 Å². The Labute approximate surface area is 158 Å². The summed E-state index contributed by atoms with van der Waals surface area (Å²) in [5, 5.41) is 9.22. The van der Waals surface area contributed by atoms with Gasteiger partial charge in [-0.05, 0) is 43.3 Å². The fourth-order valence-electron chi connectivity index (χ4n) is 2.75. The lowest BCUT2D eigenvalue weighted by Gasteiger charge is -2.34. The van der Waals surface area contributed by atoms with Gasteiger partial charge in [-0.1, -0.05) is 49.9 Å². The van der Waals surface area contributed by atoms with Gasteiger partial charge in [0, 0.05) is 4.90 Å². The lowest BCUT2D eigenvalue weighted by Crippen LogP contribution is -2.46. The van der Waals surface area contributed by atoms with Crippen molar-refractivity contribution >= 4 is 17.7 Å². The molecule has 26 heavy (non-hydrogen) atoms. The summed E-state index contributed by atoms with van der Waals surface area (Å²) in [5.74, 6) is -0.481. The molecule has 2 aromatic rings. The summed E-state index contributed by atoms with van der Waals surface area (Å²) in [5.41, 5.74) is -0.372. The van der Waals surface area contributed by atoms with E-state index in [1.165, 1.54) is 23.9 Å². The number of nitrogens with zero attached hydrogens (tertiary/aromatic N) is 1. The molecule has 0 unspecified atom stereocenters. The summed E-state index contributed by atoms with van der Waals surface area (Å²) in [6.45, 7) is 4.46. The smallest absolute Gasteiger partial charge is 0.317 e. The van der Waals surface area contributed by atoms with Gasteiger partial charge in [-0.15, -0.1) is 0 Å². The van der Waals surface area contributed by atoms with Gasteiger partial charge < -0.3 is 9.84 Å². The van der Waals surface area contributed by atoms with E-state index in [-0.39, 0.29) is 23.8 Å². The normalized spacial score (nSPS) is 13.4. The van der Waals surface area contributed by atoms with Crippen molar-refractivity contribution in [2.75, 3.05) is 13.1 Å². The van der Waals surface area contributed by atoms with Gasteiger partial charge >= 0.3 is 5.97 Å². The number of halogens is 1. The molecule has 2 aromatic carbocycles. The molecule has 0 aliphatic rings. The Morgan fingerprint density at radius 3 is 2.50 bits per heavy atom. The zero-order chi connectivity index (χ0) is 18.9. The van der Waals surface area contributed by atoms with Crippen molar-refractivity contribution in [3.63, 3.8) is 0 Å². The van der Waals surface area contributed by atoms with Gasteiger partial charge in [-0.3, -0.25) is 9.69 Å². The van der Waals surface area contributed by atoms with Crippen LogP contribution >= 0.6 is 11.8 Å². The van der Waals surface area contributed by atoms with Gasteiger partial charge in [-0.25, -0.2) is 4.39 Å². The average Bonchev–Trinajstić information content (AvgIpc) is 2.62. The van der Waals surface area contributed by atoms with Crippen LogP contribution < -0.4 is 4.74 Å². The zero-order valence-corrected chi connectivity index (χ0v) is 15.8. The summed E-state index contributed by atoms with van der Waals surface area (Å²) in [6, 6.07) is 15.6. The van der Waals surface area contributed by atoms with E-state index in [9.17, 15) is 14.3 Å². The molecule has 2 rings (SSSR count). The molecule has 0 bridgehead atoms. The van der Waals surface area contributed by atoms with E-state index in [2.05, 4.69) is 0 Å². The highest BCUT2D eigenvalue weighted by Gasteiger charge is 2.29. The molecule has 0 aliphatic heterocycles. The second-order valence-corrected chi connectivity index (χ2v) is 6.98. The lowest BCUT2D eigenvalue weighted by atomic mass is 10.2. The van der Waals surface area contributed by atoms with Crippen LogP contribution in [0.4, 0.5) is 4.39 Å². The number of hydrogen-bond acceptors (Lipinski definition) is 4. The van der Waals surface area contributed by atoms with Crippen molar-refractivity contribution in [1.82, 2.24) is 4.90 Å². The number of thioether (sulfide) groups is 1. The predicted molar refractivity (Wildman–Crippen MR) is 102 cm³/mol. The molecule has 0 saturated heterocycles. The number of hydrogen-bond donors (Lipinski definition) is 1. The van der Waals surface area contributed by atoms with E-state index in [0.29, 0.717) is 18.7 Å². The standard InChI is InChI=1S/C20H24FNO3S/c1-3-18(22(4-2)14-19(23)24)20(25-16-10-6-5-7-11-16)26-17-12-8-9-15(21)13-17/h5-13,18,20H,3-4,14H2,1-2H3,(H,23,24)/t18-,20+/m0/s1. The van der Waals surface area contributed by atoms with Gasteiger partial charge in [0.2, 0.25) is 0 Å². The molecule has 0 saturated carbocycles. The first-order chi connectivity index (χ1) is 12.5. The maximum absolute atomic E-state index is 13.6. The first-order valence-corrected chi connectivity index (χ1v) is 9.51. The Bertz CT molecular complexity index is 698. The molecule has 0 amide bonds. The Morgan fingerprint density at radius 2 is 1.92 bits per heavy atom. The molecule has 0 spiro atoms. The van der Waals surface area contributed by atoms with E-state index in [1.54, 1.807) is 6.07 Å². The van der Waals surface area contributed by atoms with Gasteiger partial charge in [0.05, 0.1) is 12.6 Å². The molecule has 1 N–H and O–H groups in total. The van der Waals surface area contributed by atoms with Crippen molar-refractivity contribution in [3.8, 4) is 5.75 Å². The SMILES string of the molecule is CC[C@@H]([C@H](Oc1ccccc1)Sc1cccc(F)c1)N(CC)CC(=O)O. The number of carbonyl (C=O) groups is 1. The summed E-state index contributed by atoms with van der Waals surface area (Å²) in [6.07, 6.45) is 0.709. The average molecular weight is 377 g/mol. The first kappa shape index (κ1) is 20.3. The Hall–Kier alpha value is -2.05. The fourth-order valence-corrected chi connectivity index (χ4v) is 4.04. The van der Waals surface area contributed by atoms with Crippen LogP contribution in [0.2, 0.25) is 0 Å². The third-order valence-corrected chi connectivity index (χ3v) is 5.16. The zero-order valence-electron chi connectivity index (χ0n) is 15.0. The number of aliphatic carboxylic acids is 1. The molecule has 0 radical (unpaired) electrons. The van der Waals surface area contributed by atoms with Crippen LogP contribution in [0.15, 0.2) is 59.5 Å². The minimum atomic E-state index is -0.875. The van der Waals surface area contributed by atoms with Gasteiger partial charge in [-0.2, -0.15) is 0 Å². The van der Waals surface area contributed by atoms with Crippen LogP contribution in [0.5, 0.6) is 5.75 Å². The van der Waals surface area contributed by atoms with Gasteiger partial charge in [0.1, 0.15) is 11.6 Å².